The van der Waals surface area contributed by atoms with Crippen LogP contribution in [0.4, 0.5) is 11.6 Å². The van der Waals surface area contributed by atoms with Crippen molar-refractivity contribution >= 4 is 47.5 Å². The van der Waals surface area contributed by atoms with Crippen LogP contribution in [0.15, 0.2) is 60.9 Å². The Morgan fingerprint density at radius 2 is 1.65 bits per heavy atom. The number of nitrogens with zero attached hydrogens (tertiary/aromatic N) is 7. The number of aromatic amines is 1. The lowest BCUT2D eigenvalue weighted by molar-refractivity contribution is -0.127. The topological polar surface area (TPSA) is 163 Å². The van der Waals surface area contributed by atoms with Crippen molar-refractivity contribution in [3.63, 3.8) is 0 Å². The molecule has 6 rings (SSSR count). The van der Waals surface area contributed by atoms with Crippen molar-refractivity contribution in [1.29, 1.82) is 0 Å². The van der Waals surface area contributed by atoms with Gasteiger partial charge in [-0.15, -0.1) is 22.6 Å². The third-order valence-corrected chi connectivity index (χ3v) is 9.57. The van der Waals surface area contributed by atoms with Gasteiger partial charge in [-0.1, -0.05) is 24.3 Å². The molecule has 2 amide bonds. The normalized spacial score (nSPS) is 18.9. The van der Waals surface area contributed by atoms with Crippen molar-refractivity contribution in [3.8, 4) is 22.5 Å². The van der Waals surface area contributed by atoms with E-state index < -0.39 is 11.9 Å². The van der Waals surface area contributed by atoms with Crippen molar-refractivity contribution in [2.45, 2.75) is 38.1 Å². The molecule has 1 atom stereocenters. The molecule has 2 aromatic carbocycles. The molecule has 0 radical (unpaired) electrons. The zero-order valence-electron chi connectivity index (χ0n) is 27.0. The summed E-state index contributed by atoms with van der Waals surface area (Å²) in [5.74, 6) is 0.723. The molecule has 0 bridgehead atoms. The Morgan fingerprint density at radius 3 is 2.25 bits per heavy atom. The number of anilines is 2. The summed E-state index contributed by atoms with van der Waals surface area (Å²) < 4.78 is 0. The molecule has 2 aliphatic rings. The van der Waals surface area contributed by atoms with E-state index in [2.05, 4.69) is 42.0 Å². The molecule has 3 heterocycles. The molecule has 2 fully saturated rings. The van der Waals surface area contributed by atoms with E-state index in [-0.39, 0.29) is 35.9 Å². The zero-order chi connectivity index (χ0) is 32.9. The highest BCUT2D eigenvalue weighted by atomic mass is 35.5. The number of hydrogen-bond donors (Lipinski definition) is 3. The zero-order valence-corrected chi connectivity index (χ0v) is 28.5. The molecule has 1 aliphatic heterocycles. The van der Waals surface area contributed by atoms with Crippen LogP contribution in [0.1, 0.15) is 31.2 Å². The van der Waals surface area contributed by atoms with Gasteiger partial charge in [0.1, 0.15) is 6.04 Å². The van der Waals surface area contributed by atoms with Gasteiger partial charge in [-0.25, -0.2) is 9.97 Å². The first-order valence-electron chi connectivity index (χ1n) is 16.1. The first kappa shape index (κ1) is 35.2. The Hall–Kier alpha value is -4.10. The minimum absolute atomic E-state index is 0. The molecule has 1 saturated carbocycles. The van der Waals surface area contributed by atoms with E-state index in [1.165, 1.54) is 0 Å². The van der Waals surface area contributed by atoms with E-state index >= 15 is 0 Å². The second kappa shape index (κ2) is 15.9. The fraction of sp³-hybridized carbons (Fsp3) is 0.412. The Balaban J connectivity index is 0.00000451. The van der Waals surface area contributed by atoms with Gasteiger partial charge >= 0.3 is 0 Å². The molecule has 48 heavy (non-hydrogen) atoms. The third kappa shape index (κ3) is 8.12. The molecule has 2 aromatic heterocycles. The number of primary amides is 1. The predicted molar refractivity (Wildman–Crippen MR) is 190 cm³/mol. The van der Waals surface area contributed by atoms with Crippen LogP contribution in [0.5, 0.6) is 0 Å². The minimum atomic E-state index is -0.911. The van der Waals surface area contributed by atoms with Crippen molar-refractivity contribution < 1.29 is 9.59 Å². The van der Waals surface area contributed by atoms with Gasteiger partial charge in [0.15, 0.2) is 5.82 Å². The fourth-order valence-corrected chi connectivity index (χ4v) is 6.64. The summed E-state index contributed by atoms with van der Waals surface area (Å²) in [6.07, 6.45) is 7.11. The number of nitrogens with two attached hydrogens (primary N) is 2. The number of hydrogen-bond acceptors (Lipinski definition) is 9. The summed E-state index contributed by atoms with van der Waals surface area (Å²) in [5, 5.41) is 8.06. The van der Waals surface area contributed by atoms with Crippen LogP contribution in [0, 0.1) is 11.8 Å². The highest BCUT2D eigenvalue weighted by Gasteiger charge is 2.36. The quantitative estimate of drug-likeness (QED) is 0.223. The molecule has 12 nitrogen and oxygen atoms in total. The van der Waals surface area contributed by atoms with E-state index in [0.717, 1.165) is 80.1 Å². The van der Waals surface area contributed by atoms with E-state index in [9.17, 15) is 9.59 Å². The Bertz CT molecular complexity index is 1670. The van der Waals surface area contributed by atoms with Gasteiger partial charge < -0.3 is 26.3 Å². The maximum Gasteiger partial charge on any atom is 0.240 e. The molecule has 14 heteroatoms. The molecule has 0 unspecified atom stereocenters. The van der Waals surface area contributed by atoms with Crippen molar-refractivity contribution in [2.75, 3.05) is 49.6 Å². The van der Waals surface area contributed by atoms with Crippen LogP contribution >= 0.6 is 24.0 Å². The third-order valence-electron chi connectivity index (χ3n) is 9.40. The summed E-state index contributed by atoms with van der Waals surface area (Å²) >= 11 is 5.94. The van der Waals surface area contributed by atoms with Gasteiger partial charge in [-0.3, -0.25) is 14.5 Å². The second-order valence-electron chi connectivity index (χ2n) is 12.6. The molecular weight excluding hydrogens is 651 g/mol. The fourth-order valence-electron chi connectivity index (χ4n) is 6.51. The van der Waals surface area contributed by atoms with E-state index in [1.54, 1.807) is 17.0 Å². The summed E-state index contributed by atoms with van der Waals surface area (Å²) in [6.45, 7) is 4.34. The number of amides is 2. The Labute approximate surface area is 291 Å². The molecule has 1 saturated heterocycles. The number of H-pyrrole nitrogens is 1. The number of rotatable bonds is 10. The average molecular weight is 694 g/mol. The average Bonchev–Trinajstić information content (AvgIpc) is 3.55. The van der Waals surface area contributed by atoms with Crippen LogP contribution in [0.25, 0.3) is 22.5 Å². The first-order valence-corrected chi connectivity index (χ1v) is 16.5. The maximum atomic E-state index is 14.3. The van der Waals surface area contributed by atoms with E-state index in [0.29, 0.717) is 24.0 Å². The van der Waals surface area contributed by atoms with Gasteiger partial charge in [0.25, 0.3) is 0 Å². The summed E-state index contributed by atoms with van der Waals surface area (Å²) in [6, 6.07) is 14.2. The van der Waals surface area contributed by atoms with Crippen LogP contribution in [-0.2, 0) is 16.0 Å². The lowest BCUT2D eigenvalue weighted by Crippen LogP contribution is -2.52. The van der Waals surface area contributed by atoms with Gasteiger partial charge in [0, 0.05) is 67.7 Å². The number of halogens is 2. The summed E-state index contributed by atoms with van der Waals surface area (Å²) in [5.41, 5.74) is 16.0. The Morgan fingerprint density at radius 1 is 0.958 bits per heavy atom. The first-order chi connectivity index (χ1) is 22.8. The molecule has 1 aliphatic carbocycles. The lowest BCUT2D eigenvalue weighted by atomic mass is 9.81. The van der Waals surface area contributed by atoms with Gasteiger partial charge in [0.05, 0.1) is 0 Å². The number of carbonyl (C=O) groups is 2. The smallest absolute Gasteiger partial charge is 0.240 e. The van der Waals surface area contributed by atoms with Gasteiger partial charge in [0.2, 0.25) is 23.0 Å². The van der Waals surface area contributed by atoms with Crippen molar-refractivity contribution in [3.05, 3.63) is 71.8 Å². The largest absolute Gasteiger partial charge is 0.368 e. The van der Waals surface area contributed by atoms with Gasteiger partial charge in [-0.05, 0) is 92.2 Å². The van der Waals surface area contributed by atoms with Crippen molar-refractivity contribution in [1.82, 2.24) is 30.0 Å². The number of aromatic nitrogens is 5. The second-order valence-corrected chi connectivity index (χ2v) is 12.9. The van der Waals surface area contributed by atoms with Crippen LogP contribution in [0.2, 0.25) is 5.28 Å². The van der Waals surface area contributed by atoms with Gasteiger partial charge in [-0.2, -0.15) is 0 Å². The number of likely N-dealkylation sites (N-methyl/N-ethyl adjacent to an activating group) is 1. The predicted octanol–water partition coefficient (Wildman–Crippen LogP) is 3.95. The highest BCUT2D eigenvalue weighted by molar-refractivity contribution is 6.28. The standard InChI is InChI=1S/C34H41ClN10O2.ClH/c1-43-13-15-44(16-14-43)34-38-20-27(21-39-34)26-4-2-3-23(17-26)18-29(30(37)46)45(32(47)25-7-5-22(19-36)6-8-25)28-11-9-24(10-12-28)31-40-33(35)42-41-31;/h2-4,9-12,17,20-22,25,29H,5-8,13-16,18-19,36H2,1H3,(H2,37,46)(H,40,41,42);1H/t22-,25-,29-;/m0./s1. The lowest BCUT2D eigenvalue weighted by Gasteiger charge is -2.35. The van der Waals surface area contributed by atoms with E-state index in [1.807, 2.05) is 48.8 Å². The Kier molecular flexibility index (Phi) is 11.6. The SMILES string of the molecule is CN1CCN(c2ncc(-c3cccc(C[C@@H](C(N)=O)N(c4ccc(-c5nnc(Cl)[nH]5)cc4)C(=O)[C@H]4CC[C@H](CN)CC4)c3)cn2)CC1.Cl. The number of benzene rings is 2. The molecule has 254 valence electrons. The van der Waals surface area contributed by atoms with Crippen LogP contribution in [-0.4, -0.2) is 87.7 Å². The molecule has 4 aromatic rings. The van der Waals surface area contributed by atoms with Crippen molar-refractivity contribution in [2.24, 2.45) is 23.3 Å². The molecule has 5 N–H and O–H groups in total. The number of nitrogens with one attached hydrogen (secondary N) is 1. The monoisotopic (exact) mass is 692 g/mol. The maximum absolute atomic E-state index is 14.3. The van der Waals surface area contributed by atoms with Crippen LogP contribution < -0.4 is 21.3 Å². The van der Waals surface area contributed by atoms with Crippen LogP contribution in [0.3, 0.4) is 0 Å². The highest BCUT2D eigenvalue weighted by Crippen LogP contribution is 2.33. The summed E-state index contributed by atoms with van der Waals surface area (Å²) in [4.78, 5) is 45.8. The summed E-state index contributed by atoms with van der Waals surface area (Å²) in [7, 11) is 2.12. The number of piperazine rings is 1. The molecular formula is C34H42Cl2N10O2. The van der Waals surface area contributed by atoms with E-state index in [4.69, 9.17) is 23.1 Å². The minimum Gasteiger partial charge on any atom is -0.368 e. The number of carbonyl (C=O) groups excluding carboxylic acids is 2. The molecule has 0 spiro atoms.